The van der Waals surface area contributed by atoms with Gasteiger partial charge in [-0.25, -0.2) is 13.1 Å². The Bertz CT molecular complexity index is 437. The molecule has 0 saturated heterocycles. The number of sulfonamides is 1. The lowest BCUT2D eigenvalue weighted by Gasteiger charge is -2.09. The molecule has 0 fully saturated rings. The van der Waals surface area contributed by atoms with Crippen LogP contribution in [-0.4, -0.2) is 19.8 Å². The highest BCUT2D eigenvalue weighted by molar-refractivity contribution is 7.89. The van der Waals surface area contributed by atoms with E-state index >= 15 is 0 Å². The molecule has 0 bridgehead atoms. The monoisotopic (exact) mass is 242 g/mol. The maximum absolute atomic E-state index is 11.7. The van der Waals surface area contributed by atoms with Crippen LogP contribution in [0.1, 0.15) is 12.5 Å². The Balaban J connectivity index is 2.96. The standard InChI is InChI=1S/C10H12NO2S2/c1-8-3-5-10(6-4-8)15(12,13)11-9(2)7-14/h3-6,9,11H,1-2H3. The summed E-state index contributed by atoms with van der Waals surface area (Å²) in [6.07, 6.45) is 0. The van der Waals surface area contributed by atoms with E-state index < -0.39 is 16.1 Å². The van der Waals surface area contributed by atoms with Crippen molar-refractivity contribution < 1.29 is 8.42 Å². The van der Waals surface area contributed by atoms with E-state index in [1.807, 2.05) is 6.92 Å². The summed E-state index contributed by atoms with van der Waals surface area (Å²) < 4.78 is 25.8. The first-order valence-electron chi connectivity index (χ1n) is 4.42. The molecule has 0 aromatic heterocycles. The molecule has 3 nitrogen and oxygen atoms in total. The summed E-state index contributed by atoms with van der Waals surface area (Å²) in [4.78, 5) is 0.241. The van der Waals surface area contributed by atoms with Gasteiger partial charge in [-0.05, 0) is 26.0 Å². The predicted octanol–water partition coefficient (Wildman–Crippen LogP) is 1.54. The number of rotatable bonds is 4. The van der Waals surface area contributed by atoms with Crippen molar-refractivity contribution in [2.75, 3.05) is 0 Å². The fraction of sp³-hybridized carbons (Fsp3) is 0.300. The average Bonchev–Trinajstić information content (AvgIpc) is 2.17. The highest BCUT2D eigenvalue weighted by atomic mass is 32.2. The van der Waals surface area contributed by atoms with Crippen LogP contribution in [0.15, 0.2) is 29.2 Å². The van der Waals surface area contributed by atoms with E-state index in [-0.39, 0.29) is 4.90 Å². The topological polar surface area (TPSA) is 46.2 Å². The third-order valence-corrected chi connectivity index (χ3v) is 3.75. The number of benzene rings is 1. The Morgan fingerprint density at radius 3 is 2.33 bits per heavy atom. The Morgan fingerprint density at radius 1 is 1.33 bits per heavy atom. The molecule has 1 rings (SSSR count). The van der Waals surface area contributed by atoms with Gasteiger partial charge in [0.15, 0.2) is 0 Å². The molecule has 81 valence electrons. The number of nitrogens with one attached hydrogen (secondary N) is 1. The van der Waals surface area contributed by atoms with E-state index in [4.69, 9.17) is 0 Å². The second-order valence-electron chi connectivity index (χ2n) is 3.27. The van der Waals surface area contributed by atoms with Crippen LogP contribution in [-0.2, 0) is 10.0 Å². The van der Waals surface area contributed by atoms with Gasteiger partial charge in [0.05, 0.1) is 10.9 Å². The maximum atomic E-state index is 11.7. The lowest BCUT2D eigenvalue weighted by molar-refractivity contribution is 0.579. The first kappa shape index (κ1) is 12.3. The van der Waals surface area contributed by atoms with Crippen LogP contribution >= 0.6 is 12.2 Å². The lowest BCUT2D eigenvalue weighted by Crippen LogP contribution is -2.33. The quantitative estimate of drug-likeness (QED) is 0.815. The number of thiocarbonyl (C=S) groups is 1. The normalized spacial score (nSPS) is 13.5. The molecule has 1 radical (unpaired) electrons. The fourth-order valence-corrected chi connectivity index (χ4v) is 2.33. The van der Waals surface area contributed by atoms with Gasteiger partial charge in [0, 0.05) is 5.37 Å². The molecule has 0 saturated carbocycles. The molecule has 0 aliphatic carbocycles. The number of hydrogen-bond donors (Lipinski definition) is 1. The highest BCUT2D eigenvalue weighted by Crippen LogP contribution is 2.10. The molecule has 1 aromatic carbocycles. The largest absolute Gasteiger partial charge is 0.241 e. The zero-order valence-corrected chi connectivity index (χ0v) is 10.2. The lowest BCUT2D eigenvalue weighted by atomic mass is 10.2. The third kappa shape index (κ3) is 3.37. The molecular formula is C10H12NO2S2. The van der Waals surface area contributed by atoms with Crippen molar-refractivity contribution in [3.63, 3.8) is 0 Å². The number of aryl methyl sites for hydroxylation is 1. The van der Waals surface area contributed by atoms with Crippen molar-refractivity contribution in [2.45, 2.75) is 24.8 Å². The van der Waals surface area contributed by atoms with E-state index in [9.17, 15) is 8.42 Å². The summed E-state index contributed by atoms with van der Waals surface area (Å²) in [5, 5.41) is 2.40. The second kappa shape index (κ2) is 4.83. The van der Waals surface area contributed by atoms with E-state index in [0.29, 0.717) is 0 Å². The van der Waals surface area contributed by atoms with Gasteiger partial charge in [-0.1, -0.05) is 29.9 Å². The van der Waals surface area contributed by atoms with Crippen molar-refractivity contribution in [1.29, 1.82) is 0 Å². The van der Waals surface area contributed by atoms with Gasteiger partial charge < -0.3 is 0 Å². The molecule has 0 spiro atoms. The Labute approximate surface area is 95.6 Å². The SMILES string of the molecule is Cc1ccc(S(=O)(=O)NC(C)[C]=S)cc1. The molecule has 0 aliphatic heterocycles. The smallest absolute Gasteiger partial charge is 0.207 e. The fourth-order valence-electron chi connectivity index (χ4n) is 1.04. The van der Waals surface area contributed by atoms with Crippen LogP contribution < -0.4 is 4.72 Å². The molecular weight excluding hydrogens is 230 g/mol. The van der Waals surface area contributed by atoms with Gasteiger partial charge in [0.1, 0.15) is 0 Å². The van der Waals surface area contributed by atoms with Crippen molar-refractivity contribution in [2.24, 2.45) is 0 Å². The van der Waals surface area contributed by atoms with Gasteiger partial charge in [0.25, 0.3) is 0 Å². The van der Waals surface area contributed by atoms with E-state index in [2.05, 4.69) is 22.3 Å². The van der Waals surface area contributed by atoms with Gasteiger partial charge >= 0.3 is 0 Å². The minimum Gasteiger partial charge on any atom is -0.207 e. The summed E-state index contributed by atoms with van der Waals surface area (Å²) in [6, 6.07) is 6.16. The third-order valence-electron chi connectivity index (χ3n) is 1.84. The molecule has 1 aromatic rings. The Hall–Kier alpha value is -0.780. The molecule has 0 aliphatic rings. The van der Waals surface area contributed by atoms with Crippen LogP contribution in [0.25, 0.3) is 0 Å². The van der Waals surface area contributed by atoms with E-state index in [0.717, 1.165) is 5.56 Å². The highest BCUT2D eigenvalue weighted by Gasteiger charge is 2.15. The molecule has 0 heterocycles. The molecule has 0 amide bonds. The van der Waals surface area contributed by atoms with Crippen molar-refractivity contribution in [3.8, 4) is 0 Å². The van der Waals surface area contributed by atoms with Gasteiger partial charge in [0.2, 0.25) is 10.0 Å². The van der Waals surface area contributed by atoms with Crippen molar-refractivity contribution >= 4 is 27.6 Å². The summed E-state index contributed by atoms with van der Waals surface area (Å²) in [6.45, 7) is 3.54. The average molecular weight is 242 g/mol. The summed E-state index contributed by atoms with van der Waals surface area (Å²) in [7, 11) is -3.47. The first-order valence-corrected chi connectivity index (χ1v) is 6.31. The van der Waals surface area contributed by atoms with Crippen molar-refractivity contribution in [1.82, 2.24) is 4.72 Å². The van der Waals surface area contributed by atoms with E-state index in [1.54, 1.807) is 31.2 Å². The minimum absolute atomic E-state index is 0.241. The molecule has 1 unspecified atom stereocenters. The zero-order chi connectivity index (χ0) is 11.5. The molecule has 1 N–H and O–H groups in total. The van der Waals surface area contributed by atoms with Gasteiger partial charge in [-0.15, -0.1) is 0 Å². The molecule has 1 atom stereocenters. The van der Waals surface area contributed by atoms with Crippen LogP contribution in [0, 0.1) is 6.92 Å². The number of hydrogen-bond acceptors (Lipinski definition) is 3. The van der Waals surface area contributed by atoms with Gasteiger partial charge in [-0.3, -0.25) is 0 Å². The predicted molar refractivity (Wildman–Crippen MR) is 63.6 cm³/mol. The summed E-state index contributed by atoms with van der Waals surface area (Å²) in [5.74, 6) is 0. The minimum atomic E-state index is -3.47. The maximum Gasteiger partial charge on any atom is 0.241 e. The Morgan fingerprint density at radius 2 is 1.87 bits per heavy atom. The van der Waals surface area contributed by atoms with Crippen LogP contribution in [0.4, 0.5) is 0 Å². The second-order valence-corrected chi connectivity index (χ2v) is 5.22. The Kier molecular flexibility index (Phi) is 3.96. The van der Waals surface area contributed by atoms with E-state index in [1.165, 1.54) is 0 Å². The van der Waals surface area contributed by atoms with Crippen LogP contribution in [0.2, 0.25) is 0 Å². The van der Waals surface area contributed by atoms with Gasteiger partial charge in [-0.2, -0.15) is 0 Å². The van der Waals surface area contributed by atoms with Crippen molar-refractivity contribution in [3.05, 3.63) is 29.8 Å². The summed E-state index contributed by atoms with van der Waals surface area (Å²) >= 11 is 4.54. The molecule has 5 heteroatoms. The summed E-state index contributed by atoms with van der Waals surface area (Å²) in [5.41, 5.74) is 1.02. The van der Waals surface area contributed by atoms with Crippen LogP contribution in [0.5, 0.6) is 0 Å². The molecule has 15 heavy (non-hydrogen) atoms. The first-order chi connectivity index (χ1) is 6.95. The van der Waals surface area contributed by atoms with Crippen LogP contribution in [0.3, 0.4) is 0 Å². The zero-order valence-electron chi connectivity index (χ0n) is 8.52.